The van der Waals surface area contributed by atoms with Crippen molar-refractivity contribution in [2.75, 3.05) is 13.7 Å². The molecule has 0 aliphatic heterocycles. The molecule has 2 nitrogen and oxygen atoms in total. The summed E-state index contributed by atoms with van der Waals surface area (Å²) in [5.41, 5.74) is 1.25. The summed E-state index contributed by atoms with van der Waals surface area (Å²) in [5.74, 6) is 2.78. The zero-order valence-electron chi connectivity index (χ0n) is 10.9. The standard InChI is InChI=1S/C15H23NO/c1-12-7-8-13(9-12)10-16-11-14-5-3-4-6-15(14)17-2/h3-6,12-13,16H,7-11H2,1-2H3. The number of para-hydroxylation sites is 1. The van der Waals surface area contributed by atoms with Crippen molar-refractivity contribution in [3.8, 4) is 5.75 Å². The number of hydrogen-bond acceptors (Lipinski definition) is 2. The second-order valence-electron chi connectivity index (χ2n) is 5.23. The van der Waals surface area contributed by atoms with Crippen molar-refractivity contribution in [2.45, 2.75) is 32.7 Å². The normalized spacial score (nSPS) is 23.9. The first kappa shape index (κ1) is 12.4. The van der Waals surface area contributed by atoms with Gasteiger partial charge >= 0.3 is 0 Å². The van der Waals surface area contributed by atoms with Crippen LogP contribution in [0.5, 0.6) is 5.75 Å². The first-order valence-electron chi connectivity index (χ1n) is 6.62. The molecule has 1 fully saturated rings. The van der Waals surface area contributed by atoms with E-state index < -0.39 is 0 Å². The van der Waals surface area contributed by atoms with Crippen LogP contribution in [0.1, 0.15) is 31.7 Å². The summed E-state index contributed by atoms with van der Waals surface area (Å²) in [6, 6.07) is 8.23. The molecule has 0 spiro atoms. The first-order chi connectivity index (χ1) is 8.29. The number of ether oxygens (including phenoxy) is 1. The van der Waals surface area contributed by atoms with Crippen molar-refractivity contribution in [3.63, 3.8) is 0 Å². The Morgan fingerprint density at radius 1 is 1.29 bits per heavy atom. The highest BCUT2D eigenvalue weighted by molar-refractivity contribution is 5.32. The number of benzene rings is 1. The van der Waals surface area contributed by atoms with Crippen LogP contribution >= 0.6 is 0 Å². The molecule has 1 aliphatic rings. The van der Waals surface area contributed by atoms with Crippen molar-refractivity contribution in [1.29, 1.82) is 0 Å². The van der Waals surface area contributed by atoms with Gasteiger partial charge in [-0.2, -0.15) is 0 Å². The van der Waals surface area contributed by atoms with E-state index in [9.17, 15) is 0 Å². The molecule has 2 unspecified atom stereocenters. The SMILES string of the molecule is COc1ccccc1CNCC1CCC(C)C1. The van der Waals surface area contributed by atoms with Gasteiger partial charge in [0, 0.05) is 12.1 Å². The summed E-state index contributed by atoms with van der Waals surface area (Å²) in [6.07, 6.45) is 4.18. The Hall–Kier alpha value is -1.02. The summed E-state index contributed by atoms with van der Waals surface area (Å²) in [6.45, 7) is 4.41. The Kier molecular flexibility index (Phi) is 4.43. The molecular formula is C15H23NO. The van der Waals surface area contributed by atoms with E-state index in [2.05, 4.69) is 24.4 Å². The van der Waals surface area contributed by atoms with Gasteiger partial charge < -0.3 is 10.1 Å². The largest absolute Gasteiger partial charge is 0.496 e. The van der Waals surface area contributed by atoms with Crippen molar-refractivity contribution in [2.24, 2.45) is 11.8 Å². The minimum atomic E-state index is 0.875. The maximum atomic E-state index is 5.34. The average Bonchev–Trinajstić information content (AvgIpc) is 2.76. The zero-order chi connectivity index (χ0) is 12.1. The lowest BCUT2D eigenvalue weighted by Gasteiger charge is -2.13. The minimum absolute atomic E-state index is 0.875. The maximum Gasteiger partial charge on any atom is 0.123 e. The zero-order valence-corrected chi connectivity index (χ0v) is 10.9. The lowest BCUT2D eigenvalue weighted by molar-refractivity contribution is 0.405. The van der Waals surface area contributed by atoms with E-state index in [1.54, 1.807) is 7.11 Å². The first-order valence-corrected chi connectivity index (χ1v) is 6.62. The predicted octanol–water partition coefficient (Wildman–Crippen LogP) is 3.22. The van der Waals surface area contributed by atoms with Crippen molar-refractivity contribution in [3.05, 3.63) is 29.8 Å². The van der Waals surface area contributed by atoms with Gasteiger partial charge in [0.1, 0.15) is 5.75 Å². The summed E-state index contributed by atoms with van der Waals surface area (Å²) in [7, 11) is 1.73. The number of rotatable bonds is 5. The van der Waals surface area contributed by atoms with E-state index in [1.807, 2.05) is 12.1 Å². The highest BCUT2D eigenvalue weighted by Crippen LogP contribution is 2.29. The lowest BCUT2D eigenvalue weighted by atomic mass is 10.1. The molecule has 1 aromatic rings. The van der Waals surface area contributed by atoms with Crippen molar-refractivity contribution in [1.82, 2.24) is 5.32 Å². The molecule has 2 atom stereocenters. The molecule has 0 aromatic heterocycles. The topological polar surface area (TPSA) is 21.3 Å². The van der Waals surface area contributed by atoms with Crippen LogP contribution in [0, 0.1) is 11.8 Å². The molecule has 0 heterocycles. The molecule has 1 N–H and O–H groups in total. The number of nitrogens with one attached hydrogen (secondary N) is 1. The molecule has 94 valence electrons. The summed E-state index contributed by atoms with van der Waals surface area (Å²) in [5, 5.41) is 3.56. The molecule has 17 heavy (non-hydrogen) atoms. The fraction of sp³-hybridized carbons (Fsp3) is 0.600. The summed E-state index contributed by atoms with van der Waals surface area (Å²) >= 11 is 0. The Labute approximate surface area is 104 Å². The lowest BCUT2D eigenvalue weighted by Crippen LogP contribution is -2.21. The molecule has 2 heteroatoms. The third-order valence-electron chi connectivity index (χ3n) is 3.74. The molecule has 0 amide bonds. The molecule has 2 rings (SSSR count). The van der Waals surface area contributed by atoms with Gasteiger partial charge in [0.15, 0.2) is 0 Å². The van der Waals surface area contributed by atoms with Gasteiger partial charge in [-0.15, -0.1) is 0 Å². The van der Waals surface area contributed by atoms with E-state index in [1.165, 1.54) is 24.8 Å². The van der Waals surface area contributed by atoms with Crippen LogP contribution in [0.3, 0.4) is 0 Å². The fourth-order valence-corrected chi connectivity index (χ4v) is 2.77. The number of hydrogen-bond donors (Lipinski definition) is 1. The average molecular weight is 233 g/mol. The van der Waals surface area contributed by atoms with Crippen LogP contribution < -0.4 is 10.1 Å². The van der Waals surface area contributed by atoms with Gasteiger partial charge in [0.25, 0.3) is 0 Å². The van der Waals surface area contributed by atoms with Crippen LogP contribution in [0.15, 0.2) is 24.3 Å². The Balaban J connectivity index is 1.78. The van der Waals surface area contributed by atoms with E-state index in [-0.39, 0.29) is 0 Å². The van der Waals surface area contributed by atoms with Crippen LogP contribution in [0.4, 0.5) is 0 Å². The monoisotopic (exact) mass is 233 g/mol. The second kappa shape index (κ2) is 6.06. The highest BCUT2D eigenvalue weighted by atomic mass is 16.5. The molecule has 1 saturated carbocycles. The van der Waals surface area contributed by atoms with E-state index >= 15 is 0 Å². The second-order valence-corrected chi connectivity index (χ2v) is 5.23. The third kappa shape index (κ3) is 3.47. The van der Waals surface area contributed by atoms with Gasteiger partial charge in [-0.3, -0.25) is 0 Å². The van der Waals surface area contributed by atoms with Gasteiger partial charge in [0.05, 0.1) is 7.11 Å². The highest BCUT2D eigenvalue weighted by Gasteiger charge is 2.20. The summed E-state index contributed by atoms with van der Waals surface area (Å²) < 4.78 is 5.34. The van der Waals surface area contributed by atoms with Gasteiger partial charge in [-0.1, -0.05) is 31.5 Å². The van der Waals surface area contributed by atoms with Crippen LogP contribution in [-0.4, -0.2) is 13.7 Å². The van der Waals surface area contributed by atoms with Gasteiger partial charge in [-0.05, 0) is 37.3 Å². The predicted molar refractivity (Wildman–Crippen MR) is 71.2 cm³/mol. The van der Waals surface area contributed by atoms with Crippen LogP contribution in [-0.2, 0) is 6.54 Å². The Bertz CT molecular complexity index is 351. The molecule has 1 aromatic carbocycles. The quantitative estimate of drug-likeness (QED) is 0.843. The molecule has 1 aliphatic carbocycles. The van der Waals surface area contributed by atoms with E-state index in [0.29, 0.717) is 0 Å². The van der Waals surface area contributed by atoms with Crippen molar-refractivity contribution >= 4 is 0 Å². The smallest absolute Gasteiger partial charge is 0.123 e. The molecular weight excluding hydrogens is 210 g/mol. The van der Waals surface area contributed by atoms with Crippen molar-refractivity contribution < 1.29 is 4.74 Å². The van der Waals surface area contributed by atoms with Crippen LogP contribution in [0.2, 0.25) is 0 Å². The molecule has 0 bridgehead atoms. The molecule has 0 radical (unpaired) electrons. The van der Waals surface area contributed by atoms with E-state index in [4.69, 9.17) is 4.74 Å². The summed E-state index contributed by atoms with van der Waals surface area (Å²) in [4.78, 5) is 0. The fourth-order valence-electron chi connectivity index (χ4n) is 2.77. The Morgan fingerprint density at radius 2 is 2.12 bits per heavy atom. The number of methoxy groups -OCH3 is 1. The minimum Gasteiger partial charge on any atom is -0.496 e. The van der Waals surface area contributed by atoms with Gasteiger partial charge in [0.2, 0.25) is 0 Å². The maximum absolute atomic E-state index is 5.34. The third-order valence-corrected chi connectivity index (χ3v) is 3.74. The van der Waals surface area contributed by atoms with E-state index in [0.717, 1.165) is 30.7 Å². The molecule has 0 saturated heterocycles. The van der Waals surface area contributed by atoms with Crippen LogP contribution in [0.25, 0.3) is 0 Å². The Morgan fingerprint density at radius 3 is 2.82 bits per heavy atom. The van der Waals surface area contributed by atoms with Gasteiger partial charge in [-0.25, -0.2) is 0 Å².